The second-order valence-electron chi connectivity index (χ2n) is 20.9. The monoisotopic (exact) mass is 1070 g/mol. The van der Waals surface area contributed by atoms with E-state index in [0.29, 0.717) is 0 Å². The number of hydrogen-bond donors (Lipinski definition) is 10. The Bertz CT molecular complexity index is 1880. The number of carbonyl (C=O) groups is 3. The summed E-state index contributed by atoms with van der Waals surface area (Å²) in [6.45, 7) is 15.3. The van der Waals surface area contributed by atoms with Gasteiger partial charge in [0.15, 0.2) is 12.1 Å². The molecular formula is C53H88N2O18Si. The second-order valence-corrected chi connectivity index (χ2v) is 26.5. The highest BCUT2D eigenvalue weighted by molar-refractivity contribution is 6.76. The third-order valence-corrected chi connectivity index (χ3v) is 15.1. The number of esters is 1. The molecule has 3 fully saturated rings. The number of methoxy groups -OCH3 is 1. The average Bonchev–Trinajstić information content (AvgIpc) is 3.70. The summed E-state index contributed by atoms with van der Waals surface area (Å²) >= 11 is 0. The van der Waals surface area contributed by atoms with Crippen molar-refractivity contribution >= 4 is 26.2 Å². The Labute approximate surface area is 438 Å². The molecule has 74 heavy (non-hydrogen) atoms. The van der Waals surface area contributed by atoms with Crippen molar-refractivity contribution in [1.82, 2.24) is 10.6 Å². The Kier molecular flexibility index (Phi) is 27.9. The lowest BCUT2D eigenvalue weighted by molar-refractivity contribution is -0.304. The predicted molar refractivity (Wildman–Crippen MR) is 278 cm³/mol. The van der Waals surface area contributed by atoms with Crippen molar-refractivity contribution in [3.63, 3.8) is 0 Å². The van der Waals surface area contributed by atoms with Gasteiger partial charge in [-0.25, -0.2) is 9.59 Å². The average molecular weight is 1070 g/mol. The fourth-order valence-electron chi connectivity index (χ4n) is 8.85. The maximum Gasteiger partial charge on any atom is 0.407 e. The highest BCUT2D eigenvalue weighted by Crippen LogP contribution is 2.40. The lowest BCUT2D eigenvalue weighted by Crippen LogP contribution is -2.62. The number of ether oxygens (including phenoxy) is 7. The van der Waals surface area contributed by atoms with Crippen molar-refractivity contribution in [2.24, 2.45) is 11.8 Å². The van der Waals surface area contributed by atoms with Gasteiger partial charge in [0.2, 0.25) is 0 Å². The first-order valence-corrected chi connectivity index (χ1v) is 29.6. The smallest absolute Gasteiger partial charge is 0.407 e. The Morgan fingerprint density at radius 3 is 2.16 bits per heavy atom. The third kappa shape index (κ3) is 22.4. The Morgan fingerprint density at radius 2 is 1.53 bits per heavy atom. The van der Waals surface area contributed by atoms with E-state index in [1.54, 1.807) is 32.9 Å². The highest BCUT2D eigenvalue weighted by atomic mass is 28.3. The van der Waals surface area contributed by atoms with Gasteiger partial charge in [-0.15, -0.1) is 0 Å². The SMILES string of the molecule is C/C=C/C=C/C=C/C=C/C=C/[C@H](C)[C@@H](O)[C@@H](C)[C@H](C)OC(=O)C[C@H](O)C[C@H](O)CC[C@@H](O)[C@H](O)C[C@H](O)C[C@]1(OC)C[C@@H]2OC(=O)N[C@H]2[C@H](C[C@H](/C=C/C)O[C@@H]2OC[C@@H](O)[C@H](NC(=O)OCC[Si](C)(C)C)[C@@H]2O)O1. The fourth-order valence-corrected chi connectivity index (χ4v) is 9.56. The van der Waals surface area contributed by atoms with Gasteiger partial charge in [0.1, 0.15) is 24.4 Å². The van der Waals surface area contributed by atoms with Crippen molar-refractivity contribution in [3.8, 4) is 0 Å². The maximum absolute atomic E-state index is 12.7. The molecule has 0 aliphatic carbocycles. The van der Waals surface area contributed by atoms with Crippen LogP contribution in [0.5, 0.6) is 0 Å². The zero-order chi connectivity index (χ0) is 55.2. The summed E-state index contributed by atoms with van der Waals surface area (Å²) in [6.07, 6.45) is 4.71. The normalized spacial score (nSPS) is 28.9. The van der Waals surface area contributed by atoms with E-state index >= 15 is 0 Å². The molecule has 0 aromatic heterocycles. The van der Waals surface area contributed by atoms with Crippen LogP contribution in [0.1, 0.15) is 86.0 Å². The molecule has 422 valence electrons. The largest absolute Gasteiger partial charge is 0.462 e. The number of nitrogens with one attached hydrogen (secondary N) is 2. The molecule has 0 unspecified atom stereocenters. The first-order valence-electron chi connectivity index (χ1n) is 25.9. The lowest BCUT2D eigenvalue weighted by atomic mass is 9.87. The van der Waals surface area contributed by atoms with E-state index < -0.39 is 136 Å². The first kappa shape index (κ1) is 64.5. The Morgan fingerprint density at radius 1 is 0.865 bits per heavy atom. The molecule has 10 N–H and O–H groups in total. The third-order valence-electron chi connectivity index (χ3n) is 13.4. The van der Waals surface area contributed by atoms with Gasteiger partial charge in [-0.1, -0.05) is 106 Å². The maximum atomic E-state index is 12.7. The van der Waals surface area contributed by atoms with Crippen molar-refractivity contribution in [2.75, 3.05) is 20.3 Å². The number of hydrogen-bond acceptors (Lipinski definition) is 18. The van der Waals surface area contributed by atoms with Gasteiger partial charge < -0.3 is 84.6 Å². The lowest BCUT2D eigenvalue weighted by Gasteiger charge is -2.46. The van der Waals surface area contributed by atoms with Crippen LogP contribution < -0.4 is 10.6 Å². The summed E-state index contributed by atoms with van der Waals surface area (Å²) in [7, 11) is -0.135. The minimum Gasteiger partial charge on any atom is -0.462 e. The van der Waals surface area contributed by atoms with Crippen LogP contribution in [0.25, 0.3) is 0 Å². The van der Waals surface area contributed by atoms with Crippen molar-refractivity contribution in [3.05, 3.63) is 72.9 Å². The van der Waals surface area contributed by atoms with E-state index in [2.05, 4.69) is 30.3 Å². The molecule has 0 radical (unpaired) electrons. The summed E-state index contributed by atoms with van der Waals surface area (Å²) in [5, 5.41) is 92.4. The number of rotatable bonds is 31. The molecule has 0 spiro atoms. The zero-order valence-electron chi connectivity index (χ0n) is 44.7. The molecule has 3 aliphatic rings. The molecule has 3 aliphatic heterocycles. The van der Waals surface area contributed by atoms with Crippen LogP contribution in [0.2, 0.25) is 25.7 Å². The summed E-state index contributed by atoms with van der Waals surface area (Å²) < 4.78 is 40.6. The quantitative estimate of drug-likeness (QED) is 0.0154. The van der Waals surface area contributed by atoms with Crippen LogP contribution in [-0.4, -0.2) is 185 Å². The van der Waals surface area contributed by atoms with Gasteiger partial charge in [0.05, 0.1) is 80.5 Å². The van der Waals surface area contributed by atoms with Gasteiger partial charge in [-0.2, -0.15) is 0 Å². The van der Waals surface area contributed by atoms with E-state index in [0.717, 1.165) is 6.04 Å². The van der Waals surface area contributed by atoms with E-state index in [-0.39, 0.29) is 64.1 Å². The Hall–Kier alpha value is -3.81. The van der Waals surface area contributed by atoms with Gasteiger partial charge in [-0.05, 0) is 46.1 Å². The minimum atomic E-state index is -1.56. The standard InChI is InChI=1S/C53H88N2O18Si/c1-10-12-13-14-15-16-17-18-19-21-33(3)48(63)34(4)35(5)70-45(62)28-37(57)26-36(56)22-23-40(59)41(60)27-38(58)30-53(67-6)31-44-47(55-52(66)72-44)43(73-53)29-39(20-11-2)71-50-49(64)46(42(61)32-69-50)54-51(65)68-24-25-74(7,8)9/h10-21,33-44,46-50,56-61,63-64H,22-32H2,1-9H3,(H,54,65)(H,55,66)/b12-10+,14-13+,16-15+,18-17+,20-11+,21-19+/t33-,34-,35-,36+,37+,38-,39-,40+,41+,42+,43-,44-,46-,47-,48+,49-,50-,53+/m0/s1. The number of aliphatic hydroxyl groups is 8. The van der Waals surface area contributed by atoms with Gasteiger partial charge in [-0.3, -0.25) is 4.79 Å². The summed E-state index contributed by atoms with van der Waals surface area (Å²) in [6, 6.07) is -1.14. The topological polar surface area (TPSA) is 302 Å². The fraction of sp³-hybridized carbons (Fsp3) is 0.717. The highest BCUT2D eigenvalue weighted by Gasteiger charge is 2.54. The summed E-state index contributed by atoms with van der Waals surface area (Å²) in [5.74, 6) is -2.94. The molecule has 21 heteroatoms. The number of allylic oxidation sites excluding steroid dienone is 10. The molecule has 0 bridgehead atoms. The van der Waals surface area contributed by atoms with Gasteiger partial charge >= 0.3 is 18.2 Å². The molecule has 2 amide bonds. The molecule has 0 aromatic carbocycles. The van der Waals surface area contributed by atoms with Crippen LogP contribution in [0.4, 0.5) is 9.59 Å². The molecule has 0 aromatic rings. The minimum absolute atomic E-state index is 0.0101. The number of aliphatic hydroxyl groups excluding tert-OH is 8. The second kappa shape index (κ2) is 32.0. The van der Waals surface area contributed by atoms with E-state index in [1.807, 2.05) is 74.6 Å². The summed E-state index contributed by atoms with van der Waals surface area (Å²) in [5.41, 5.74) is 0. The molecule has 3 heterocycles. The molecule has 3 rings (SSSR count). The van der Waals surface area contributed by atoms with Crippen molar-refractivity contribution in [2.45, 2.75) is 209 Å². The molecule has 0 saturated carbocycles. The molecular weight excluding hydrogens is 981 g/mol. The molecule has 18 atom stereocenters. The van der Waals surface area contributed by atoms with Crippen molar-refractivity contribution in [1.29, 1.82) is 0 Å². The number of carbonyl (C=O) groups excluding carboxylic acids is 3. The molecule has 3 saturated heterocycles. The van der Waals surface area contributed by atoms with Crippen LogP contribution in [-0.2, 0) is 38.0 Å². The van der Waals surface area contributed by atoms with Crippen LogP contribution in [0.15, 0.2) is 72.9 Å². The van der Waals surface area contributed by atoms with Gasteiger partial charge in [0, 0.05) is 52.7 Å². The Balaban J connectivity index is 1.50. The summed E-state index contributed by atoms with van der Waals surface area (Å²) in [4.78, 5) is 37.9. The van der Waals surface area contributed by atoms with E-state index in [9.17, 15) is 55.2 Å². The first-order chi connectivity index (χ1) is 34.9. The molecule has 20 nitrogen and oxygen atoms in total. The van der Waals surface area contributed by atoms with Crippen LogP contribution in [0.3, 0.4) is 0 Å². The number of alkyl carbamates (subject to hydrolysis) is 2. The van der Waals surface area contributed by atoms with Gasteiger partial charge in [0.25, 0.3) is 0 Å². The number of fused-ring (bicyclic) bond motifs is 1. The van der Waals surface area contributed by atoms with Crippen LogP contribution >= 0.6 is 0 Å². The predicted octanol–water partition coefficient (Wildman–Crippen LogP) is 3.97. The van der Waals surface area contributed by atoms with E-state index in [1.165, 1.54) is 7.11 Å². The van der Waals surface area contributed by atoms with Crippen LogP contribution in [0, 0.1) is 11.8 Å². The van der Waals surface area contributed by atoms with E-state index in [4.69, 9.17) is 33.2 Å². The number of amides is 2. The van der Waals surface area contributed by atoms with Crippen molar-refractivity contribution < 1.29 is 88.4 Å². The zero-order valence-corrected chi connectivity index (χ0v) is 45.7.